The van der Waals surface area contributed by atoms with Crippen molar-refractivity contribution in [2.75, 3.05) is 5.75 Å². The summed E-state index contributed by atoms with van der Waals surface area (Å²) in [7, 11) is 0. The van der Waals surface area contributed by atoms with Gasteiger partial charge in [0.1, 0.15) is 0 Å². The van der Waals surface area contributed by atoms with E-state index in [4.69, 9.17) is 5.84 Å². The fourth-order valence-corrected chi connectivity index (χ4v) is 4.88. The summed E-state index contributed by atoms with van der Waals surface area (Å²) in [5.41, 5.74) is 4.09. The second kappa shape index (κ2) is 6.93. The Bertz CT molecular complexity index is 501. The molecule has 3 N–H and O–H groups in total. The molecule has 3 rings (SSSR count). The Morgan fingerprint density at radius 3 is 3.05 bits per heavy atom. The Labute approximate surface area is 128 Å². The van der Waals surface area contributed by atoms with Crippen molar-refractivity contribution in [2.24, 2.45) is 5.84 Å². The second-order valence-electron chi connectivity index (χ2n) is 5.49. The molecule has 1 fully saturated rings. The van der Waals surface area contributed by atoms with Crippen LogP contribution in [0.25, 0.3) is 4.96 Å². The smallest absolute Gasteiger partial charge is 0.193 e. The van der Waals surface area contributed by atoms with Crippen LogP contribution in [0.15, 0.2) is 17.8 Å². The van der Waals surface area contributed by atoms with E-state index in [1.54, 1.807) is 11.3 Å². The lowest BCUT2D eigenvalue weighted by molar-refractivity contribution is 0.512. The molecular formula is C14H22N4S2. The Morgan fingerprint density at radius 1 is 1.45 bits per heavy atom. The Hall–Kier alpha value is -0.560. The lowest BCUT2D eigenvalue weighted by atomic mass is 10.0. The van der Waals surface area contributed by atoms with Crippen molar-refractivity contribution in [3.05, 3.63) is 23.5 Å². The van der Waals surface area contributed by atoms with Crippen LogP contribution >= 0.6 is 23.1 Å². The minimum absolute atomic E-state index is 0.312. The zero-order valence-electron chi connectivity index (χ0n) is 11.6. The average Bonchev–Trinajstić information content (AvgIpc) is 3.05. The van der Waals surface area contributed by atoms with Crippen LogP contribution in [0.3, 0.4) is 0 Å². The summed E-state index contributed by atoms with van der Waals surface area (Å²) in [6.45, 7) is 0. The van der Waals surface area contributed by atoms with Crippen LogP contribution in [0.5, 0.6) is 0 Å². The van der Waals surface area contributed by atoms with Crippen molar-refractivity contribution in [1.82, 2.24) is 14.8 Å². The number of thiazole rings is 1. The average molecular weight is 310 g/mol. The van der Waals surface area contributed by atoms with E-state index in [2.05, 4.69) is 44.3 Å². The van der Waals surface area contributed by atoms with Gasteiger partial charge in [-0.25, -0.2) is 4.98 Å². The van der Waals surface area contributed by atoms with Crippen molar-refractivity contribution in [3.8, 4) is 0 Å². The van der Waals surface area contributed by atoms with Crippen LogP contribution in [-0.4, -0.2) is 26.4 Å². The number of hydrogen-bond acceptors (Lipinski definition) is 5. The third-order valence-electron chi connectivity index (χ3n) is 3.92. The molecule has 6 heteroatoms. The molecule has 1 unspecified atom stereocenters. The van der Waals surface area contributed by atoms with Crippen LogP contribution in [0, 0.1) is 0 Å². The van der Waals surface area contributed by atoms with Crippen LogP contribution in [-0.2, 0) is 6.42 Å². The SMILES string of the molecule is NNC(CSC1CCCCC1)Cc1cn2ccsc2n1. The molecule has 1 saturated carbocycles. The molecule has 0 amide bonds. The highest BCUT2D eigenvalue weighted by molar-refractivity contribution is 7.99. The summed E-state index contributed by atoms with van der Waals surface area (Å²) in [4.78, 5) is 5.70. The first-order valence-electron chi connectivity index (χ1n) is 7.34. The quantitative estimate of drug-likeness (QED) is 0.636. The minimum Gasteiger partial charge on any atom is -0.297 e. The fourth-order valence-electron chi connectivity index (χ4n) is 2.78. The molecule has 4 nitrogen and oxygen atoms in total. The van der Waals surface area contributed by atoms with Gasteiger partial charge in [0, 0.05) is 41.2 Å². The number of hydrogen-bond donors (Lipinski definition) is 2. The van der Waals surface area contributed by atoms with E-state index >= 15 is 0 Å². The van der Waals surface area contributed by atoms with Gasteiger partial charge in [-0.2, -0.15) is 11.8 Å². The molecule has 0 aromatic carbocycles. The molecular weight excluding hydrogens is 288 g/mol. The Balaban J connectivity index is 1.52. The number of rotatable bonds is 6. The van der Waals surface area contributed by atoms with Gasteiger partial charge >= 0.3 is 0 Å². The van der Waals surface area contributed by atoms with Gasteiger partial charge < -0.3 is 0 Å². The van der Waals surface area contributed by atoms with Crippen LogP contribution in [0.1, 0.15) is 37.8 Å². The summed E-state index contributed by atoms with van der Waals surface area (Å²) in [5, 5.41) is 2.90. The summed E-state index contributed by atoms with van der Waals surface area (Å²) in [6.07, 6.45) is 12.0. The Kier molecular flexibility index (Phi) is 4.99. The maximum Gasteiger partial charge on any atom is 0.193 e. The molecule has 20 heavy (non-hydrogen) atoms. The van der Waals surface area contributed by atoms with Crippen LogP contribution in [0.4, 0.5) is 0 Å². The lowest BCUT2D eigenvalue weighted by Gasteiger charge is -2.23. The van der Waals surface area contributed by atoms with Crippen molar-refractivity contribution >= 4 is 28.1 Å². The van der Waals surface area contributed by atoms with E-state index in [1.165, 1.54) is 32.1 Å². The number of nitrogens with two attached hydrogens (primary N) is 1. The molecule has 0 bridgehead atoms. The molecule has 0 radical (unpaired) electrons. The largest absolute Gasteiger partial charge is 0.297 e. The molecule has 2 aromatic rings. The van der Waals surface area contributed by atoms with Gasteiger partial charge in [0.25, 0.3) is 0 Å². The highest BCUT2D eigenvalue weighted by atomic mass is 32.2. The summed E-state index contributed by atoms with van der Waals surface area (Å²) < 4.78 is 2.09. The van der Waals surface area contributed by atoms with Gasteiger partial charge in [0.2, 0.25) is 0 Å². The van der Waals surface area contributed by atoms with E-state index in [9.17, 15) is 0 Å². The first kappa shape index (κ1) is 14.4. The third kappa shape index (κ3) is 3.55. The number of nitrogens with one attached hydrogen (secondary N) is 1. The van der Waals surface area contributed by atoms with E-state index < -0.39 is 0 Å². The van der Waals surface area contributed by atoms with Crippen molar-refractivity contribution in [2.45, 2.75) is 49.8 Å². The van der Waals surface area contributed by atoms with Gasteiger partial charge in [0.05, 0.1) is 5.69 Å². The zero-order valence-corrected chi connectivity index (χ0v) is 13.3. The predicted molar refractivity (Wildman–Crippen MR) is 87.2 cm³/mol. The maximum atomic E-state index is 5.71. The van der Waals surface area contributed by atoms with Crippen molar-refractivity contribution < 1.29 is 0 Å². The molecule has 2 aromatic heterocycles. The first-order chi connectivity index (χ1) is 9.85. The number of hydrazine groups is 1. The summed E-state index contributed by atoms with van der Waals surface area (Å²) >= 11 is 3.76. The first-order valence-corrected chi connectivity index (χ1v) is 9.27. The molecule has 110 valence electrons. The van der Waals surface area contributed by atoms with Crippen LogP contribution in [0.2, 0.25) is 0 Å². The molecule has 2 heterocycles. The van der Waals surface area contributed by atoms with Crippen LogP contribution < -0.4 is 11.3 Å². The summed E-state index contributed by atoms with van der Waals surface area (Å²) in [5.74, 6) is 6.79. The molecule has 0 saturated heterocycles. The van der Waals surface area contributed by atoms with Gasteiger partial charge in [-0.1, -0.05) is 19.3 Å². The highest BCUT2D eigenvalue weighted by Gasteiger charge is 2.17. The molecule has 0 aliphatic heterocycles. The molecule has 1 aliphatic carbocycles. The van der Waals surface area contributed by atoms with Gasteiger partial charge in [-0.3, -0.25) is 15.7 Å². The van der Waals surface area contributed by atoms with E-state index in [0.29, 0.717) is 6.04 Å². The standard InChI is InChI=1S/C14H22N4S2/c15-17-12(10-20-13-4-2-1-3-5-13)8-11-9-18-6-7-19-14(18)16-11/h6-7,9,12-13,17H,1-5,8,10,15H2. The van der Waals surface area contributed by atoms with Gasteiger partial charge in [-0.15, -0.1) is 11.3 Å². The maximum absolute atomic E-state index is 5.71. The number of aromatic nitrogens is 2. The van der Waals surface area contributed by atoms with E-state index in [1.807, 2.05) is 0 Å². The number of nitrogens with zero attached hydrogens (tertiary/aromatic N) is 2. The molecule has 0 spiro atoms. The Morgan fingerprint density at radius 2 is 2.30 bits per heavy atom. The molecule has 1 atom stereocenters. The predicted octanol–water partition coefficient (Wildman–Crippen LogP) is 2.84. The minimum atomic E-state index is 0.312. The molecule has 1 aliphatic rings. The lowest BCUT2D eigenvalue weighted by Crippen LogP contribution is -2.39. The zero-order chi connectivity index (χ0) is 13.8. The second-order valence-corrected chi connectivity index (χ2v) is 7.69. The summed E-state index contributed by atoms with van der Waals surface area (Å²) in [6, 6.07) is 0.312. The highest BCUT2D eigenvalue weighted by Crippen LogP contribution is 2.28. The van der Waals surface area contributed by atoms with E-state index in [-0.39, 0.29) is 0 Å². The van der Waals surface area contributed by atoms with Gasteiger partial charge in [-0.05, 0) is 12.8 Å². The van der Waals surface area contributed by atoms with Crippen molar-refractivity contribution in [1.29, 1.82) is 0 Å². The van der Waals surface area contributed by atoms with E-state index in [0.717, 1.165) is 28.1 Å². The van der Waals surface area contributed by atoms with Gasteiger partial charge in [0.15, 0.2) is 4.96 Å². The number of fused-ring (bicyclic) bond motifs is 1. The fraction of sp³-hybridized carbons (Fsp3) is 0.643. The normalized spacial score (nSPS) is 18.6. The number of thioether (sulfide) groups is 1. The monoisotopic (exact) mass is 310 g/mol. The third-order valence-corrected chi connectivity index (χ3v) is 6.23. The topological polar surface area (TPSA) is 55.3 Å². The van der Waals surface area contributed by atoms with Crippen molar-refractivity contribution in [3.63, 3.8) is 0 Å². The number of imidazole rings is 1.